The van der Waals surface area contributed by atoms with Gasteiger partial charge in [0.25, 0.3) is 11.8 Å². The first-order valence-electron chi connectivity index (χ1n) is 15.4. The number of esters is 2. The molecule has 256 valence electrons. The van der Waals surface area contributed by atoms with Crippen LogP contribution in [0, 0.1) is 13.8 Å². The number of thioether (sulfide) groups is 1. The summed E-state index contributed by atoms with van der Waals surface area (Å²) < 4.78 is 10.6. The molecule has 0 fully saturated rings. The molecule has 0 bridgehead atoms. The summed E-state index contributed by atoms with van der Waals surface area (Å²) >= 11 is 3.69. The van der Waals surface area contributed by atoms with Crippen molar-refractivity contribution in [2.45, 2.75) is 69.4 Å². The largest absolute Gasteiger partial charge is 0.450 e. The molecular weight excluding hydrogens is 745 g/mol. The van der Waals surface area contributed by atoms with Crippen molar-refractivity contribution in [3.8, 4) is 5.75 Å². The first kappa shape index (κ1) is 38.5. The van der Waals surface area contributed by atoms with E-state index in [1.807, 2.05) is 75.4 Å². The molecule has 2 N–H and O–H groups in total. The number of carbonyl (C=O) groups is 5. The molecule has 0 aromatic heterocycles. The van der Waals surface area contributed by atoms with E-state index in [1.54, 1.807) is 25.1 Å². The number of ether oxygens (including phenoxy) is 2. The van der Waals surface area contributed by atoms with Crippen molar-refractivity contribution in [1.82, 2.24) is 15.5 Å². The lowest BCUT2D eigenvalue weighted by molar-refractivity contribution is -0.160. The molecule has 0 saturated heterocycles. The van der Waals surface area contributed by atoms with Crippen LogP contribution in [0.1, 0.15) is 60.3 Å². The number of halogens is 1. The van der Waals surface area contributed by atoms with Gasteiger partial charge in [0, 0.05) is 31.5 Å². The smallest absolute Gasteiger partial charge is 0.308 e. The summed E-state index contributed by atoms with van der Waals surface area (Å²) in [5.74, 6) is -2.48. The minimum absolute atomic E-state index is 0.125. The molecule has 12 heteroatoms. The van der Waals surface area contributed by atoms with Gasteiger partial charge in [-0.3, -0.25) is 24.0 Å². The van der Waals surface area contributed by atoms with E-state index in [-0.39, 0.29) is 45.4 Å². The number of nitrogens with one attached hydrogen (secondary N) is 2. The standard InChI is InChI=1S/C36H42IN3O7S/c1-23-13-10-11-16-28(23)20-38-32(43)21-40(22-48-36(5,6)37)35(45)33(47-26(4)42)30(19-27-14-8-7-9-15-27)39-34(44)29-17-12-18-31(24(29)2)46-25(3)41/h7-18,30,33H,19-22H2,1-6H3,(H,38,43)(H,39,44). The Kier molecular flexibility index (Phi) is 14.5. The number of nitrogens with zero attached hydrogens (tertiary/aromatic N) is 1. The summed E-state index contributed by atoms with van der Waals surface area (Å²) in [6, 6.07) is 20.6. The maximum absolute atomic E-state index is 14.4. The Balaban J connectivity index is 1.97. The summed E-state index contributed by atoms with van der Waals surface area (Å²) in [4.78, 5) is 66.9. The van der Waals surface area contributed by atoms with Crippen LogP contribution in [0.4, 0.5) is 0 Å². The molecule has 3 rings (SSSR count). The van der Waals surface area contributed by atoms with E-state index in [1.165, 1.54) is 30.5 Å². The zero-order valence-electron chi connectivity index (χ0n) is 28.0. The predicted octanol–water partition coefficient (Wildman–Crippen LogP) is 5.51. The molecule has 3 aromatic carbocycles. The average molecular weight is 788 g/mol. The van der Waals surface area contributed by atoms with Crippen LogP contribution in [0.25, 0.3) is 0 Å². The third-order valence-corrected chi connectivity index (χ3v) is 9.31. The topological polar surface area (TPSA) is 131 Å². The number of alkyl halides is 1. The van der Waals surface area contributed by atoms with Gasteiger partial charge in [0.05, 0.1) is 14.7 Å². The van der Waals surface area contributed by atoms with Crippen LogP contribution in [0.2, 0.25) is 0 Å². The van der Waals surface area contributed by atoms with Gasteiger partial charge in [-0.15, -0.1) is 11.8 Å². The van der Waals surface area contributed by atoms with E-state index >= 15 is 0 Å². The van der Waals surface area contributed by atoms with Crippen LogP contribution < -0.4 is 15.4 Å². The van der Waals surface area contributed by atoms with E-state index in [0.717, 1.165) is 16.7 Å². The van der Waals surface area contributed by atoms with Crippen LogP contribution in [0.5, 0.6) is 5.75 Å². The quantitative estimate of drug-likeness (QED) is 0.0679. The molecule has 0 saturated carbocycles. The lowest BCUT2D eigenvalue weighted by Crippen LogP contribution is -2.55. The van der Waals surface area contributed by atoms with Crippen molar-refractivity contribution in [3.63, 3.8) is 0 Å². The second-order valence-electron chi connectivity index (χ2n) is 11.7. The zero-order valence-corrected chi connectivity index (χ0v) is 31.0. The fourth-order valence-electron chi connectivity index (χ4n) is 4.79. The number of hydrogen-bond donors (Lipinski definition) is 2. The lowest BCUT2D eigenvalue weighted by Gasteiger charge is -2.32. The molecule has 0 aliphatic carbocycles. The fourth-order valence-corrected chi connectivity index (χ4v) is 5.89. The van der Waals surface area contributed by atoms with E-state index in [0.29, 0.717) is 5.56 Å². The van der Waals surface area contributed by atoms with E-state index in [2.05, 4.69) is 33.2 Å². The molecule has 3 amide bonds. The third kappa shape index (κ3) is 12.3. The highest BCUT2D eigenvalue weighted by molar-refractivity contribution is 14.1. The highest BCUT2D eigenvalue weighted by atomic mass is 127. The Bertz CT molecular complexity index is 1610. The minimum atomic E-state index is -1.47. The van der Waals surface area contributed by atoms with Crippen molar-refractivity contribution < 1.29 is 33.4 Å². The highest BCUT2D eigenvalue weighted by Gasteiger charge is 2.37. The molecule has 0 heterocycles. The third-order valence-electron chi connectivity index (χ3n) is 7.25. The average Bonchev–Trinajstić information content (AvgIpc) is 3.01. The Morgan fingerprint density at radius 3 is 2.19 bits per heavy atom. The van der Waals surface area contributed by atoms with Crippen LogP contribution in [0.15, 0.2) is 72.8 Å². The number of amides is 3. The van der Waals surface area contributed by atoms with Crippen molar-refractivity contribution in [1.29, 1.82) is 0 Å². The van der Waals surface area contributed by atoms with E-state index in [4.69, 9.17) is 9.47 Å². The number of aryl methyl sites for hydroxylation is 1. The monoisotopic (exact) mass is 787 g/mol. The molecule has 0 aliphatic heterocycles. The first-order valence-corrected chi connectivity index (χ1v) is 17.4. The number of benzene rings is 3. The predicted molar refractivity (Wildman–Crippen MR) is 195 cm³/mol. The number of hydrogen-bond acceptors (Lipinski definition) is 8. The van der Waals surface area contributed by atoms with Crippen LogP contribution in [-0.4, -0.2) is 61.9 Å². The second-order valence-corrected chi connectivity index (χ2v) is 16.7. The van der Waals surface area contributed by atoms with Crippen molar-refractivity contribution >= 4 is 64.0 Å². The first-order chi connectivity index (χ1) is 22.6. The SMILES string of the molecule is CC(=O)Oc1cccc(C(=O)NC(Cc2ccccc2)C(OC(C)=O)C(=O)N(CSC(C)(C)I)CC(=O)NCc2ccccc2C)c1C. The van der Waals surface area contributed by atoms with Crippen LogP contribution >= 0.6 is 34.4 Å². The molecule has 2 atom stereocenters. The van der Waals surface area contributed by atoms with Gasteiger partial charge in [-0.2, -0.15) is 0 Å². The summed E-state index contributed by atoms with van der Waals surface area (Å²) in [7, 11) is 0. The van der Waals surface area contributed by atoms with E-state index in [9.17, 15) is 24.0 Å². The molecule has 0 spiro atoms. The molecular formula is C36H42IN3O7S. The number of rotatable bonds is 15. The zero-order chi connectivity index (χ0) is 35.4. The molecule has 0 radical (unpaired) electrons. The lowest BCUT2D eigenvalue weighted by atomic mass is 9.98. The second kappa shape index (κ2) is 18.0. The molecule has 2 unspecified atom stereocenters. The highest BCUT2D eigenvalue weighted by Crippen LogP contribution is 2.32. The summed E-state index contributed by atoms with van der Waals surface area (Å²) in [5.41, 5.74) is 3.39. The normalized spacial score (nSPS) is 12.3. The van der Waals surface area contributed by atoms with Gasteiger partial charge >= 0.3 is 11.9 Å². The van der Waals surface area contributed by atoms with Crippen LogP contribution in [-0.2, 0) is 36.9 Å². The summed E-state index contributed by atoms with van der Waals surface area (Å²) in [5, 5.41) is 5.80. The maximum atomic E-state index is 14.4. The molecule has 48 heavy (non-hydrogen) atoms. The summed E-state index contributed by atoms with van der Waals surface area (Å²) in [6.07, 6.45) is -1.33. The Labute approximate surface area is 299 Å². The van der Waals surface area contributed by atoms with Gasteiger partial charge in [0.2, 0.25) is 12.0 Å². The van der Waals surface area contributed by atoms with Gasteiger partial charge in [-0.05, 0) is 62.9 Å². The van der Waals surface area contributed by atoms with Crippen molar-refractivity contribution in [2.24, 2.45) is 0 Å². The van der Waals surface area contributed by atoms with Gasteiger partial charge in [-0.1, -0.05) is 83.3 Å². The van der Waals surface area contributed by atoms with Crippen molar-refractivity contribution in [2.75, 3.05) is 12.4 Å². The maximum Gasteiger partial charge on any atom is 0.308 e. The summed E-state index contributed by atoms with van der Waals surface area (Å²) in [6.45, 7) is 10.0. The van der Waals surface area contributed by atoms with Crippen LogP contribution in [0.3, 0.4) is 0 Å². The fraction of sp³-hybridized carbons (Fsp3) is 0.361. The Morgan fingerprint density at radius 2 is 1.56 bits per heavy atom. The van der Waals surface area contributed by atoms with Gasteiger partial charge in [-0.25, -0.2) is 0 Å². The van der Waals surface area contributed by atoms with Gasteiger partial charge < -0.3 is 25.0 Å². The van der Waals surface area contributed by atoms with Crippen molar-refractivity contribution in [3.05, 3.63) is 101 Å². The minimum Gasteiger partial charge on any atom is -0.450 e. The van der Waals surface area contributed by atoms with E-state index < -0.39 is 35.9 Å². The van der Waals surface area contributed by atoms with Gasteiger partial charge in [0.15, 0.2) is 0 Å². The Hall–Kier alpha value is -3.91. The Morgan fingerprint density at radius 1 is 0.896 bits per heavy atom. The molecule has 3 aromatic rings. The molecule has 0 aliphatic rings. The van der Waals surface area contributed by atoms with Gasteiger partial charge in [0.1, 0.15) is 12.3 Å². The number of carbonyl (C=O) groups excluding carboxylic acids is 5. The molecule has 10 nitrogen and oxygen atoms in total.